The predicted octanol–water partition coefficient (Wildman–Crippen LogP) is 1.80. The number of H-pyrrole nitrogens is 1. The van der Waals surface area contributed by atoms with Gasteiger partial charge in [-0.3, -0.25) is 9.59 Å². The molecule has 1 heterocycles. The molecule has 2 aromatic rings. The van der Waals surface area contributed by atoms with Crippen LogP contribution in [-0.4, -0.2) is 20.6 Å². The van der Waals surface area contributed by atoms with E-state index in [1.807, 2.05) is 12.1 Å². The van der Waals surface area contributed by atoms with Crippen LogP contribution in [0.1, 0.15) is 36.6 Å². The van der Waals surface area contributed by atoms with Crippen LogP contribution >= 0.6 is 0 Å². The maximum Gasteiger partial charge on any atom is 0.333 e. The number of carbonyl (C=O) groups is 1. The van der Waals surface area contributed by atoms with Crippen LogP contribution in [0.15, 0.2) is 33.9 Å². The normalized spacial score (nSPS) is 10.7. The molecule has 23 heavy (non-hydrogen) atoms. The number of hydrogen-bond donors (Lipinski definition) is 2. The second-order valence-corrected chi connectivity index (χ2v) is 5.51. The lowest BCUT2D eigenvalue weighted by atomic mass is 10.1. The first-order valence-corrected chi connectivity index (χ1v) is 7.60. The molecule has 0 unspecified atom stereocenters. The van der Waals surface area contributed by atoms with E-state index in [2.05, 4.69) is 11.9 Å². The number of aliphatic carboxylic acids is 1. The van der Waals surface area contributed by atoms with E-state index in [0.717, 1.165) is 29.4 Å². The van der Waals surface area contributed by atoms with Crippen molar-refractivity contribution in [3.63, 3.8) is 0 Å². The number of aromatic nitrogens is 2. The number of benzene rings is 1. The summed E-state index contributed by atoms with van der Waals surface area (Å²) in [5.74, 6) is -1.11. The smallest absolute Gasteiger partial charge is 0.333 e. The summed E-state index contributed by atoms with van der Waals surface area (Å²) in [6.45, 7) is 3.64. The first kappa shape index (κ1) is 16.7. The number of unbranched alkanes of at least 4 members (excludes halogenated alkanes) is 1. The average molecular weight is 316 g/mol. The van der Waals surface area contributed by atoms with Crippen molar-refractivity contribution in [2.45, 2.75) is 39.5 Å². The van der Waals surface area contributed by atoms with Crippen molar-refractivity contribution in [3.8, 4) is 5.69 Å². The Hall–Kier alpha value is -2.63. The Kier molecular flexibility index (Phi) is 5.16. The number of nitrogens with one attached hydrogen (secondary N) is 1. The molecule has 0 saturated heterocycles. The quantitative estimate of drug-likeness (QED) is 0.850. The van der Waals surface area contributed by atoms with Crippen LogP contribution < -0.4 is 11.2 Å². The number of carboxylic acids is 1. The molecule has 2 rings (SSSR count). The summed E-state index contributed by atoms with van der Waals surface area (Å²) in [4.78, 5) is 38.1. The molecule has 0 radical (unpaired) electrons. The summed E-state index contributed by atoms with van der Waals surface area (Å²) in [6, 6.07) is 7.18. The van der Waals surface area contributed by atoms with Gasteiger partial charge in [0.25, 0.3) is 5.56 Å². The molecule has 0 amide bonds. The minimum Gasteiger partial charge on any atom is -0.481 e. The standard InChI is InChI=1S/C17H20N2O4/c1-3-4-5-12-6-8-13(9-7-12)19-16(22)14(10-15(20)21)11(2)18-17(19)23/h6-9H,3-5,10H2,1-2H3,(H,18,23)(H,20,21). The molecule has 0 atom stereocenters. The summed E-state index contributed by atoms with van der Waals surface area (Å²) in [5, 5.41) is 8.93. The van der Waals surface area contributed by atoms with Crippen LogP contribution in [0.2, 0.25) is 0 Å². The molecular weight excluding hydrogens is 296 g/mol. The number of aryl methyl sites for hydroxylation is 2. The third-order valence-corrected chi connectivity index (χ3v) is 3.75. The van der Waals surface area contributed by atoms with Gasteiger partial charge in [0, 0.05) is 11.3 Å². The Labute approximate surface area is 133 Å². The van der Waals surface area contributed by atoms with Gasteiger partial charge in [0.05, 0.1) is 12.1 Å². The number of nitrogens with zero attached hydrogens (tertiary/aromatic N) is 1. The number of aromatic amines is 1. The second-order valence-electron chi connectivity index (χ2n) is 5.51. The molecule has 6 heteroatoms. The van der Waals surface area contributed by atoms with Crippen LogP contribution in [0.3, 0.4) is 0 Å². The lowest BCUT2D eigenvalue weighted by molar-refractivity contribution is -0.136. The molecule has 0 saturated carbocycles. The molecule has 0 aliphatic carbocycles. The molecular formula is C17H20N2O4. The fraction of sp³-hybridized carbons (Fsp3) is 0.353. The van der Waals surface area contributed by atoms with Crippen molar-refractivity contribution in [1.82, 2.24) is 9.55 Å². The van der Waals surface area contributed by atoms with E-state index in [4.69, 9.17) is 5.11 Å². The van der Waals surface area contributed by atoms with Gasteiger partial charge in [-0.2, -0.15) is 0 Å². The monoisotopic (exact) mass is 316 g/mol. The minimum atomic E-state index is -1.11. The molecule has 0 aliphatic heterocycles. The maximum absolute atomic E-state index is 12.5. The zero-order chi connectivity index (χ0) is 17.0. The zero-order valence-corrected chi connectivity index (χ0v) is 13.3. The third-order valence-electron chi connectivity index (χ3n) is 3.75. The second kappa shape index (κ2) is 7.09. The molecule has 1 aromatic carbocycles. The molecule has 0 spiro atoms. The molecule has 0 bridgehead atoms. The predicted molar refractivity (Wildman–Crippen MR) is 87.3 cm³/mol. The Bertz CT molecular complexity index is 816. The first-order chi connectivity index (χ1) is 10.9. The largest absolute Gasteiger partial charge is 0.481 e. The van der Waals surface area contributed by atoms with Gasteiger partial charge in [-0.25, -0.2) is 9.36 Å². The molecule has 1 aromatic heterocycles. The van der Waals surface area contributed by atoms with E-state index in [0.29, 0.717) is 11.4 Å². The maximum atomic E-state index is 12.5. The highest BCUT2D eigenvalue weighted by atomic mass is 16.4. The minimum absolute atomic E-state index is 0.0900. The van der Waals surface area contributed by atoms with Crippen molar-refractivity contribution in [2.75, 3.05) is 0 Å². The Balaban J connectivity index is 2.49. The third kappa shape index (κ3) is 3.77. The van der Waals surface area contributed by atoms with Gasteiger partial charge in [0.1, 0.15) is 0 Å². The van der Waals surface area contributed by atoms with Gasteiger partial charge in [0.15, 0.2) is 0 Å². The summed E-state index contributed by atoms with van der Waals surface area (Å²) in [6.07, 6.45) is 2.70. The molecule has 0 fully saturated rings. The Morgan fingerprint density at radius 2 is 1.87 bits per heavy atom. The van der Waals surface area contributed by atoms with Crippen LogP contribution in [0.5, 0.6) is 0 Å². The van der Waals surface area contributed by atoms with E-state index in [1.54, 1.807) is 12.1 Å². The highest BCUT2D eigenvalue weighted by Crippen LogP contribution is 2.10. The van der Waals surface area contributed by atoms with E-state index >= 15 is 0 Å². The molecule has 122 valence electrons. The van der Waals surface area contributed by atoms with Crippen molar-refractivity contribution in [1.29, 1.82) is 0 Å². The van der Waals surface area contributed by atoms with Crippen LogP contribution in [0.4, 0.5) is 0 Å². The Morgan fingerprint density at radius 1 is 1.22 bits per heavy atom. The van der Waals surface area contributed by atoms with E-state index in [9.17, 15) is 14.4 Å². The van der Waals surface area contributed by atoms with E-state index in [-0.39, 0.29) is 5.56 Å². The lowest BCUT2D eigenvalue weighted by Crippen LogP contribution is -2.37. The summed E-state index contributed by atoms with van der Waals surface area (Å²) >= 11 is 0. The Morgan fingerprint density at radius 3 is 2.43 bits per heavy atom. The van der Waals surface area contributed by atoms with E-state index < -0.39 is 23.6 Å². The van der Waals surface area contributed by atoms with Crippen LogP contribution in [0, 0.1) is 6.92 Å². The summed E-state index contributed by atoms with van der Waals surface area (Å²) in [7, 11) is 0. The summed E-state index contributed by atoms with van der Waals surface area (Å²) in [5.41, 5.74) is 0.796. The van der Waals surface area contributed by atoms with Crippen LogP contribution in [-0.2, 0) is 17.6 Å². The zero-order valence-electron chi connectivity index (χ0n) is 13.3. The van der Waals surface area contributed by atoms with Gasteiger partial charge >= 0.3 is 11.7 Å². The summed E-state index contributed by atoms with van der Waals surface area (Å²) < 4.78 is 0.981. The number of carboxylic acid groups (broad SMARTS) is 1. The molecule has 6 nitrogen and oxygen atoms in total. The van der Waals surface area contributed by atoms with Gasteiger partial charge in [-0.1, -0.05) is 25.5 Å². The van der Waals surface area contributed by atoms with Gasteiger partial charge < -0.3 is 10.1 Å². The van der Waals surface area contributed by atoms with E-state index in [1.165, 1.54) is 6.92 Å². The number of hydrogen-bond acceptors (Lipinski definition) is 3. The topological polar surface area (TPSA) is 92.2 Å². The van der Waals surface area contributed by atoms with Gasteiger partial charge in [0.2, 0.25) is 0 Å². The highest BCUT2D eigenvalue weighted by Gasteiger charge is 2.15. The van der Waals surface area contributed by atoms with Crippen LogP contribution in [0.25, 0.3) is 5.69 Å². The number of rotatable bonds is 6. The van der Waals surface area contributed by atoms with Crippen molar-refractivity contribution in [2.24, 2.45) is 0 Å². The van der Waals surface area contributed by atoms with Crippen molar-refractivity contribution < 1.29 is 9.90 Å². The lowest BCUT2D eigenvalue weighted by Gasteiger charge is -2.09. The SMILES string of the molecule is CCCCc1ccc(-n2c(=O)[nH]c(C)c(CC(=O)O)c2=O)cc1. The highest BCUT2D eigenvalue weighted by molar-refractivity contribution is 5.70. The molecule has 0 aliphatic rings. The van der Waals surface area contributed by atoms with Gasteiger partial charge in [-0.05, 0) is 37.5 Å². The van der Waals surface area contributed by atoms with Crippen molar-refractivity contribution >= 4 is 5.97 Å². The fourth-order valence-corrected chi connectivity index (χ4v) is 2.47. The average Bonchev–Trinajstić information content (AvgIpc) is 2.50. The first-order valence-electron chi connectivity index (χ1n) is 7.60. The molecule has 2 N–H and O–H groups in total. The van der Waals surface area contributed by atoms with Gasteiger partial charge in [-0.15, -0.1) is 0 Å². The van der Waals surface area contributed by atoms with Crippen molar-refractivity contribution in [3.05, 3.63) is 61.9 Å². The fourth-order valence-electron chi connectivity index (χ4n) is 2.47.